The first-order valence-corrected chi connectivity index (χ1v) is 13.0. The molecule has 0 spiro atoms. The first-order valence-electron chi connectivity index (χ1n) is 11.5. The van der Waals surface area contributed by atoms with Gasteiger partial charge in [0, 0.05) is 31.1 Å². The van der Waals surface area contributed by atoms with Gasteiger partial charge in [-0.1, -0.05) is 42.8 Å². The number of pyridine rings is 1. The van der Waals surface area contributed by atoms with E-state index in [1.54, 1.807) is 22.5 Å². The van der Waals surface area contributed by atoms with Crippen LogP contribution in [0.3, 0.4) is 0 Å². The van der Waals surface area contributed by atoms with E-state index >= 15 is 0 Å². The molecule has 2 fully saturated rings. The highest BCUT2D eigenvalue weighted by molar-refractivity contribution is 7.89. The van der Waals surface area contributed by atoms with Crippen LogP contribution in [0, 0.1) is 0 Å². The van der Waals surface area contributed by atoms with E-state index in [1.165, 1.54) is 0 Å². The zero-order chi connectivity index (χ0) is 22.8. The molecule has 1 amide bonds. The molecule has 1 aromatic heterocycles. The Bertz CT molecular complexity index is 1280. The number of carbonyl (C=O) groups is 1. The topological polar surface area (TPSA) is 91.4 Å². The van der Waals surface area contributed by atoms with Crippen LogP contribution >= 0.6 is 0 Å². The van der Waals surface area contributed by atoms with Crippen LogP contribution in [0.25, 0.3) is 10.9 Å². The molecule has 2 aromatic carbocycles. The van der Waals surface area contributed by atoms with Crippen molar-refractivity contribution in [1.82, 2.24) is 14.6 Å². The van der Waals surface area contributed by atoms with Gasteiger partial charge in [0.25, 0.3) is 5.91 Å². The maximum Gasteiger partial charge on any atom is 0.252 e. The highest BCUT2D eigenvalue weighted by atomic mass is 32.2. The van der Waals surface area contributed by atoms with Crippen LogP contribution in [0.1, 0.15) is 48.0 Å². The van der Waals surface area contributed by atoms with Gasteiger partial charge in [0.2, 0.25) is 10.0 Å². The quantitative estimate of drug-likeness (QED) is 0.553. The Morgan fingerprint density at radius 2 is 1.73 bits per heavy atom. The van der Waals surface area contributed by atoms with Crippen molar-refractivity contribution >= 4 is 32.7 Å². The van der Waals surface area contributed by atoms with Crippen LogP contribution in [0.2, 0.25) is 0 Å². The highest BCUT2D eigenvalue weighted by Crippen LogP contribution is 2.26. The number of anilines is 1. The molecule has 7 nitrogen and oxygen atoms in total. The Morgan fingerprint density at radius 3 is 2.52 bits per heavy atom. The molecule has 3 aromatic rings. The third kappa shape index (κ3) is 4.72. The number of hydrogen-bond donors (Lipinski definition) is 2. The molecular formula is C25H28N4O3S. The van der Waals surface area contributed by atoms with Gasteiger partial charge >= 0.3 is 0 Å². The molecule has 0 bridgehead atoms. The van der Waals surface area contributed by atoms with E-state index in [1.807, 2.05) is 36.4 Å². The molecule has 8 heteroatoms. The number of hydrogen-bond acceptors (Lipinski definition) is 5. The molecule has 2 aliphatic rings. The first-order chi connectivity index (χ1) is 16.0. The lowest BCUT2D eigenvalue weighted by Gasteiger charge is -2.27. The van der Waals surface area contributed by atoms with E-state index in [2.05, 4.69) is 15.6 Å². The Balaban J connectivity index is 1.42. The third-order valence-electron chi connectivity index (χ3n) is 6.24. The number of para-hydroxylation sites is 1. The summed E-state index contributed by atoms with van der Waals surface area (Å²) in [5.41, 5.74) is 1.98. The Labute approximate surface area is 194 Å². The summed E-state index contributed by atoms with van der Waals surface area (Å²) in [6, 6.07) is 16.7. The summed E-state index contributed by atoms with van der Waals surface area (Å²) in [6.07, 6.45) is 4.89. The second-order valence-electron chi connectivity index (χ2n) is 8.75. The van der Waals surface area contributed by atoms with Gasteiger partial charge in [-0.05, 0) is 49.4 Å². The maximum atomic E-state index is 13.3. The molecule has 2 N–H and O–H groups in total. The summed E-state index contributed by atoms with van der Waals surface area (Å²) >= 11 is 0. The number of piperidine rings is 1. The van der Waals surface area contributed by atoms with Crippen LogP contribution in [-0.2, 0) is 16.6 Å². The van der Waals surface area contributed by atoms with E-state index in [-0.39, 0.29) is 18.5 Å². The lowest BCUT2D eigenvalue weighted by Crippen LogP contribution is -2.36. The number of amides is 1. The van der Waals surface area contributed by atoms with E-state index in [4.69, 9.17) is 0 Å². The van der Waals surface area contributed by atoms with Crippen molar-refractivity contribution in [1.29, 1.82) is 0 Å². The van der Waals surface area contributed by atoms with Crippen LogP contribution in [0.5, 0.6) is 0 Å². The minimum Gasteiger partial charge on any atom is -0.366 e. The predicted molar refractivity (Wildman–Crippen MR) is 129 cm³/mol. The summed E-state index contributed by atoms with van der Waals surface area (Å²) in [4.78, 5) is 17.8. The van der Waals surface area contributed by atoms with Crippen LogP contribution < -0.4 is 10.6 Å². The van der Waals surface area contributed by atoms with Crippen molar-refractivity contribution in [3.8, 4) is 0 Å². The van der Waals surface area contributed by atoms with E-state index in [0.717, 1.165) is 43.0 Å². The normalized spacial score (nSPS) is 17.1. The van der Waals surface area contributed by atoms with Gasteiger partial charge in [-0.3, -0.25) is 4.79 Å². The minimum atomic E-state index is -3.55. The monoisotopic (exact) mass is 464 g/mol. The van der Waals surface area contributed by atoms with Crippen molar-refractivity contribution < 1.29 is 13.2 Å². The lowest BCUT2D eigenvalue weighted by atomic mass is 10.1. The molecule has 1 saturated heterocycles. The van der Waals surface area contributed by atoms with Crippen LogP contribution in [0.15, 0.2) is 59.5 Å². The molecule has 0 atom stereocenters. The van der Waals surface area contributed by atoms with Crippen molar-refractivity contribution in [2.45, 2.75) is 49.6 Å². The Hall–Kier alpha value is -2.97. The summed E-state index contributed by atoms with van der Waals surface area (Å²) in [7, 11) is -3.55. The molecule has 1 saturated carbocycles. The zero-order valence-corrected chi connectivity index (χ0v) is 19.3. The largest absolute Gasteiger partial charge is 0.366 e. The molecular weight excluding hydrogens is 436 g/mol. The standard InChI is InChI=1S/C25H28N4O3S/c30-25(27-19-12-13-19)21-16-24(28-22-10-4-3-9-20(21)22)26-17-18-8-2-5-11-23(18)33(31,32)29-14-6-1-7-15-29/h2-5,8-11,16,19H,1,6-7,12-15,17H2,(H,26,28)(H,27,30). The molecule has 5 rings (SSSR count). The van der Waals surface area contributed by atoms with Crippen molar-refractivity contribution in [3.63, 3.8) is 0 Å². The number of nitrogens with one attached hydrogen (secondary N) is 2. The Kier molecular flexibility index (Phi) is 6.03. The van der Waals surface area contributed by atoms with Gasteiger partial charge in [0.05, 0.1) is 16.0 Å². The number of sulfonamides is 1. The fraction of sp³-hybridized carbons (Fsp3) is 0.360. The molecule has 0 unspecified atom stereocenters. The van der Waals surface area contributed by atoms with Gasteiger partial charge in [0.1, 0.15) is 5.82 Å². The van der Waals surface area contributed by atoms with Gasteiger partial charge < -0.3 is 10.6 Å². The predicted octanol–water partition coefficient (Wildman–Crippen LogP) is 3.91. The van der Waals surface area contributed by atoms with Gasteiger partial charge in [-0.25, -0.2) is 13.4 Å². The molecule has 33 heavy (non-hydrogen) atoms. The van der Waals surface area contributed by atoms with Gasteiger partial charge in [-0.2, -0.15) is 4.31 Å². The van der Waals surface area contributed by atoms with E-state index < -0.39 is 10.0 Å². The second-order valence-corrected chi connectivity index (χ2v) is 10.7. The average Bonchev–Trinajstić information content (AvgIpc) is 3.67. The lowest BCUT2D eigenvalue weighted by molar-refractivity contribution is 0.0952. The fourth-order valence-electron chi connectivity index (χ4n) is 4.28. The van der Waals surface area contributed by atoms with Crippen LogP contribution in [-0.4, -0.2) is 42.7 Å². The zero-order valence-electron chi connectivity index (χ0n) is 18.5. The van der Waals surface area contributed by atoms with Gasteiger partial charge in [0.15, 0.2) is 0 Å². The summed E-state index contributed by atoms with van der Waals surface area (Å²) in [5, 5.41) is 7.11. The maximum absolute atomic E-state index is 13.3. The SMILES string of the molecule is O=C(NC1CC1)c1cc(NCc2ccccc2S(=O)(=O)N2CCCCC2)nc2ccccc12. The minimum absolute atomic E-state index is 0.104. The van der Waals surface area contributed by atoms with Crippen molar-refractivity contribution in [2.24, 2.45) is 0 Å². The summed E-state index contributed by atoms with van der Waals surface area (Å²) < 4.78 is 28.1. The van der Waals surface area contributed by atoms with Crippen LogP contribution in [0.4, 0.5) is 5.82 Å². The summed E-state index contributed by atoms with van der Waals surface area (Å²) in [6.45, 7) is 1.42. The second kappa shape index (κ2) is 9.11. The molecule has 2 heterocycles. The highest BCUT2D eigenvalue weighted by Gasteiger charge is 2.28. The Morgan fingerprint density at radius 1 is 1.00 bits per heavy atom. The van der Waals surface area contributed by atoms with Crippen molar-refractivity contribution in [3.05, 3.63) is 65.7 Å². The molecule has 1 aliphatic carbocycles. The fourth-order valence-corrected chi connectivity index (χ4v) is 6.02. The molecule has 0 radical (unpaired) electrons. The van der Waals surface area contributed by atoms with Crippen molar-refractivity contribution in [2.75, 3.05) is 18.4 Å². The number of rotatable bonds is 7. The number of carbonyl (C=O) groups excluding carboxylic acids is 1. The number of aromatic nitrogens is 1. The van der Waals surface area contributed by atoms with Gasteiger partial charge in [-0.15, -0.1) is 0 Å². The first kappa shape index (κ1) is 21.9. The average molecular weight is 465 g/mol. The number of benzene rings is 2. The molecule has 172 valence electrons. The number of nitrogens with zero attached hydrogens (tertiary/aromatic N) is 2. The smallest absolute Gasteiger partial charge is 0.252 e. The van der Waals surface area contributed by atoms with E-state index in [9.17, 15) is 13.2 Å². The third-order valence-corrected chi connectivity index (χ3v) is 8.24. The summed E-state index contributed by atoms with van der Waals surface area (Å²) in [5.74, 6) is 0.437. The number of fused-ring (bicyclic) bond motifs is 1. The molecule has 1 aliphatic heterocycles. The van der Waals surface area contributed by atoms with E-state index in [0.29, 0.717) is 34.9 Å².